The molecule has 1 aliphatic rings. The van der Waals surface area contributed by atoms with E-state index in [0.29, 0.717) is 24.7 Å². The first-order valence-corrected chi connectivity index (χ1v) is 8.05. The molecule has 0 aliphatic carbocycles. The van der Waals surface area contributed by atoms with E-state index in [2.05, 4.69) is 38.5 Å². The second kappa shape index (κ2) is 5.91. The summed E-state index contributed by atoms with van der Waals surface area (Å²) in [5.74, 6) is 1.39. The van der Waals surface area contributed by atoms with E-state index in [9.17, 15) is 5.11 Å². The molecule has 104 valence electrons. The molecule has 1 heterocycles. The first-order chi connectivity index (χ1) is 9.65. The molecule has 5 heteroatoms. The average molecular weight is 447 g/mol. The Morgan fingerprint density at radius 3 is 2.50 bits per heavy atom. The van der Waals surface area contributed by atoms with Crippen LogP contribution in [0, 0.1) is 3.57 Å². The molecule has 0 saturated heterocycles. The smallest absolute Gasteiger partial charge is 0.162 e. The second-order valence-electron chi connectivity index (χ2n) is 4.47. The summed E-state index contributed by atoms with van der Waals surface area (Å²) in [5, 5.41) is 10.6. The van der Waals surface area contributed by atoms with Crippen LogP contribution in [0.4, 0.5) is 0 Å². The Balaban J connectivity index is 2.01. The third-order valence-corrected chi connectivity index (χ3v) is 4.48. The maximum absolute atomic E-state index is 10.6. The van der Waals surface area contributed by atoms with Crippen molar-refractivity contribution in [2.45, 2.75) is 6.10 Å². The molecular formula is C15H12BrIO3. The number of aliphatic hydroxyl groups excluding tert-OH is 1. The molecule has 1 aliphatic heterocycles. The number of fused-ring (bicyclic) bond motifs is 1. The lowest BCUT2D eigenvalue weighted by Crippen LogP contribution is -2.16. The highest BCUT2D eigenvalue weighted by atomic mass is 127. The molecule has 3 nitrogen and oxygen atoms in total. The van der Waals surface area contributed by atoms with Crippen molar-refractivity contribution in [2.24, 2.45) is 0 Å². The molecule has 1 N–H and O–H groups in total. The minimum absolute atomic E-state index is 0.535. The summed E-state index contributed by atoms with van der Waals surface area (Å²) in [6.45, 7) is 1.09. The van der Waals surface area contributed by atoms with Gasteiger partial charge in [-0.1, -0.05) is 28.1 Å². The van der Waals surface area contributed by atoms with Gasteiger partial charge in [0.1, 0.15) is 19.3 Å². The van der Waals surface area contributed by atoms with Gasteiger partial charge >= 0.3 is 0 Å². The van der Waals surface area contributed by atoms with E-state index in [1.807, 2.05) is 36.4 Å². The number of ether oxygens (including phenoxy) is 2. The van der Waals surface area contributed by atoms with E-state index in [1.165, 1.54) is 0 Å². The number of benzene rings is 2. The monoisotopic (exact) mass is 446 g/mol. The summed E-state index contributed by atoms with van der Waals surface area (Å²) >= 11 is 5.73. The first-order valence-electron chi connectivity index (χ1n) is 6.18. The molecule has 2 aromatic rings. The molecule has 0 fully saturated rings. The van der Waals surface area contributed by atoms with Crippen LogP contribution in [-0.2, 0) is 0 Å². The fourth-order valence-electron chi connectivity index (χ4n) is 2.15. The van der Waals surface area contributed by atoms with Gasteiger partial charge in [-0.15, -0.1) is 0 Å². The van der Waals surface area contributed by atoms with Crippen molar-refractivity contribution in [3.05, 3.63) is 55.6 Å². The lowest BCUT2D eigenvalue weighted by molar-refractivity contribution is 0.169. The Morgan fingerprint density at radius 2 is 1.80 bits per heavy atom. The summed E-state index contributed by atoms with van der Waals surface area (Å²) in [7, 11) is 0. The van der Waals surface area contributed by atoms with Crippen molar-refractivity contribution in [3.63, 3.8) is 0 Å². The van der Waals surface area contributed by atoms with Crippen molar-refractivity contribution in [3.8, 4) is 11.5 Å². The molecule has 0 amide bonds. The predicted octanol–water partition coefficient (Wildman–Crippen LogP) is 3.91. The molecule has 0 radical (unpaired) electrons. The standard InChI is InChI=1S/C15H12BrIO3/c16-12-8-14-13(19-4-5-20-14)7-11(12)15(18)9-2-1-3-10(17)6-9/h1-3,6-8,15,18H,4-5H2. The van der Waals surface area contributed by atoms with Gasteiger partial charge in [0.15, 0.2) is 11.5 Å². The molecule has 0 aromatic heterocycles. The predicted molar refractivity (Wildman–Crippen MR) is 88.4 cm³/mol. The largest absolute Gasteiger partial charge is 0.486 e. The van der Waals surface area contributed by atoms with Crippen LogP contribution in [0.2, 0.25) is 0 Å². The Morgan fingerprint density at radius 1 is 1.10 bits per heavy atom. The number of aliphatic hydroxyl groups is 1. The van der Waals surface area contributed by atoms with Gasteiger partial charge in [0, 0.05) is 13.6 Å². The van der Waals surface area contributed by atoms with Crippen molar-refractivity contribution < 1.29 is 14.6 Å². The van der Waals surface area contributed by atoms with Crippen LogP contribution in [0.15, 0.2) is 40.9 Å². The van der Waals surface area contributed by atoms with Crippen molar-refractivity contribution in [2.75, 3.05) is 13.2 Å². The minimum atomic E-state index is -0.699. The number of hydrogen-bond acceptors (Lipinski definition) is 3. The molecule has 3 rings (SSSR count). The Bertz CT molecular complexity index is 645. The number of halogens is 2. The molecule has 0 saturated carbocycles. The Labute approximate surface area is 139 Å². The Kier molecular flexibility index (Phi) is 4.18. The van der Waals surface area contributed by atoms with Crippen molar-refractivity contribution in [1.82, 2.24) is 0 Å². The van der Waals surface area contributed by atoms with Gasteiger partial charge < -0.3 is 14.6 Å². The summed E-state index contributed by atoms with van der Waals surface area (Å²) in [4.78, 5) is 0. The quantitative estimate of drug-likeness (QED) is 0.711. The van der Waals surface area contributed by atoms with Crippen LogP contribution in [0.1, 0.15) is 17.2 Å². The van der Waals surface area contributed by atoms with Crippen LogP contribution < -0.4 is 9.47 Å². The van der Waals surface area contributed by atoms with Crippen LogP contribution >= 0.6 is 38.5 Å². The van der Waals surface area contributed by atoms with Gasteiger partial charge in [-0.05, 0) is 52.4 Å². The topological polar surface area (TPSA) is 38.7 Å². The highest BCUT2D eigenvalue weighted by Crippen LogP contribution is 2.39. The summed E-state index contributed by atoms with van der Waals surface area (Å²) in [6.07, 6.45) is -0.699. The van der Waals surface area contributed by atoms with Gasteiger partial charge in [0.25, 0.3) is 0 Å². The number of hydrogen-bond donors (Lipinski definition) is 1. The average Bonchev–Trinajstić information content (AvgIpc) is 2.46. The fourth-order valence-corrected chi connectivity index (χ4v) is 3.25. The zero-order chi connectivity index (χ0) is 14.1. The first kappa shape index (κ1) is 14.2. The van der Waals surface area contributed by atoms with Crippen LogP contribution in [0.25, 0.3) is 0 Å². The van der Waals surface area contributed by atoms with Crippen LogP contribution in [-0.4, -0.2) is 18.3 Å². The van der Waals surface area contributed by atoms with Gasteiger partial charge in [-0.2, -0.15) is 0 Å². The van der Waals surface area contributed by atoms with E-state index in [-0.39, 0.29) is 0 Å². The van der Waals surface area contributed by atoms with Crippen molar-refractivity contribution >= 4 is 38.5 Å². The van der Waals surface area contributed by atoms with E-state index >= 15 is 0 Å². The molecule has 2 aromatic carbocycles. The van der Waals surface area contributed by atoms with Crippen LogP contribution in [0.5, 0.6) is 11.5 Å². The van der Waals surface area contributed by atoms with E-state index < -0.39 is 6.10 Å². The normalized spacial score (nSPS) is 14.9. The SMILES string of the molecule is OC(c1cccc(I)c1)c1cc2c(cc1Br)OCCO2. The van der Waals surface area contributed by atoms with E-state index in [4.69, 9.17) is 9.47 Å². The van der Waals surface area contributed by atoms with Gasteiger partial charge in [0.05, 0.1) is 0 Å². The van der Waals surface area contributed by atoms with Gasteiger partial charge in [-0.3, -0.25) is 0 Å². The zero-order valence-corrected chi connectivity index (χ0v) is 14.2. The molecule has 0 spiro atoms. The van der Waals surface area contributed by atoms with E-state index in [0.717, 1.165) is 19.2 Å². The maximum Gasteiger partial charge on any atom is 0.162 e. The lowest BCUT2D eigenvalue weighted by Gasteiger charge is -2.21. The highest BCUT2D eigenvalue weighted by Gasteiger charge is 2.20. The summed E-state index contributed by atoms with van der Waals surface area (Å²) < 4.78 is 13.0. The van der Waals surface area contributed by atoms with E-state index in [1.54, 1.807) is 0 Å². The summed E-state index contributed by atoms with van der Waals surface area (Å²) in [6, 6.07) is 11.5. The molecule has 20 heavy (non-hydrogen) atoms. The maximum atomic E-state index is 10.6. The lowest BCUT2D eigenvalue weighted by atomic mass is 10.0. The second-order valence-corrected chi connectivity index (χ2v) is 6.57. The molecular weight excluding hydrogens is 435 g/mol. The van der Waals surface area contributed by atoms with Gasteiger partial charge in [-0.25, -0.2) is 0 Å². The molecule has 0 bridgehead atoms. The third kappa shape index (κ3) is 2.80. The fraction of sp³-hybridized carbons (Fsp3) is 0.200. The molecule has 1 atom stereocenters. The minimum Gasteiger partial charge on any atom is -0.486 e. The Hall–Kier alpha value is -0.790. The number of rotatable bonds is 2. The molecule has 1 unspecified atom stereocenters. The van der Waals surface area contributed by atoms with Crippen LogP contribution in [0.3, 0.4) is 0 Å². The zero-order valence-electron chi connectivity index (χ0n) is 10.5. The highest BCUT2D eigenvalue weighted by molar-refractivity contribution is 14.1. The van der Waals surface area contributed by atoms with Crippen molar-refractivity contribution in [1.29, 1.82) is 0 Å². The van der Waals surface area contributed by atoms with Gasteiger partial charge in [0.2, 0.25) is 0 Å². The third-order valence-electron chi connectivity index (χ3n) is 3.12. The summed E-state index contributed by atoms with van der Waals surface area (Å²) in [5.41, 5.74) is 1.63.